The number of hydrogen-bond acceptors (Lipinski definition) is 1. The van der Waals surface area contributed by atoms with E-state index in [-0.39, 0.29) is 5.41 Å². The highest BCUT2D eigenvalue weighted by molar-refractivity contribution is 7.27. The molecule has 2 heteroatoms. The SMILES string of the molecule is CC1(C)c2ccccc2-c2ccc3c(sc4c3ccc3c5ccccc5n(-c5ccc(-c6ccccc6)cc5)c34)c21. The number of benzene rings is 6. The normalized spacial score (nSPS) is 13.8. The Kier molecular flexibility index (Phi) is 4.61. The zero-order valence-corrected chi connectivity index (χ0v) is 23.8. The number of hydrogen-bond donors (Lipinski definition) is 0. The molecule has 2 aromatic heterocycles. The first kappa shape index (κ1) is 23.1. The maximum absolute atomic E-state index is 2.48. The highest BCUT2D eigenvalue weighted by Gasteiger charge is 2.37. The second-order valence-electron chi connectivity index (χ2n) is 11.7. The van der Waals surface area contributed by atoms with E-state index in [1.54, 1.807) is 0 Å². The summed E-state index contributed by atoms with van der Waals surface area (Å²) < 4.78 is 5.26. The third-order valence-electron chi connectivity index (χ3n) is 9.19. The van der Waals surface area contributed by atoms with Crippen LogP contribution in [0, 0.1) is 0 Å². The van der Waals surface area contributed by atoms with Gasteiger partial charge in [0.05, 0.1) is 15.7 Å². The van der Waals surface area contributed by atoms with Gasteiger partial charge in [0, 0.05) is 37.3 Å². The van der Waals surface area contributed by atoms with E-state index in [0.717, 1.165) is 0 Å². The van der Waals surface area contributed by atoms with Gasteiger partial charge in [-0.05, 0) is 51.6 Å². The van der Waals surface area contributed by atoms with Gasteiger partial charge in [-0.2, -0.15) is 0 Å². The first-order chi connectivity index (χ1) is 20.1. The maximum atomic E-state index is 2.48. The Morgan fingerprint density at radius 1 is 0.512 bits per heavy atom. The quantitative estimate of drug-likeness (QED) is 0.205. The molecule has 0 saturated heterocycles. The summed E-state index contributed by atoms with van der Waals surface area (Å²) >= 11 is 1.97. The predicted octanol–water partition coefficient (Wildman–Crippen LogP) is 11.1. The minimum atomic E-state index is -0.0363. The van der Waals surface area contributed by atoms with Gasteiger partial charge in [0.15, 0.2) is 0 Å². The van der Waals surface area contributed by atoms with E-state index in [4.69, 9.17) is 0 Å². The fourth-order valence-corrected chi connectivity index (χ4v) is 8.84. The first-order valence-electron chi connectivity index (χ1n) is 14.3. The van der Waals surface area contributed by atoms with Crippen molar-refractivity contribution in [3.05, 3.63) is 139 Å². The van der Waals surface area contributed by atoms with Gasteiger partial charge < -0.3 is 4.57 Å². The molecule has 1 nitrogen and oxygen atoms in total. The van der Waals surface area contributed by atoms with Gasteiger partial charge in [-0.25, -0.2) is 0 Å². The van der Waals surface area contributed by atoms with Gasteiger partial charge in [-0.3, -0.25) is 0 Å². The van der Waals surface area contributed by atoms with Gasteiger partial charge in [0.2, 0.25) is 0 Å². The zero-order chi connectivity index (χ0) is 27.3. The number of rotatable bonds is 2. The van der Waals surface area contributed by atoms with Crippen molar-refractivity contribution in [2.24, 2.45) is 0 Å². The molecule has 0 saturated carbocycles. The number of aromatic nitrogens is 1. The van der Waals surface area contributed by atoms with Crippen molar-refractivity contribution in [1.29, 1.82) is 0 Å². The zero-order valence-electron chi connectivity index (χ0n) is 23.0. The Bertz CT molecular complexity index is 2310. The summed E-state index contributed by atoms with van der Waals surface area (Å²) in [5.41, 5.74) is 11.9. The summed E-state index contributed by atoms with van der Waals surface area (Å²) in [5, 5.41) is 5.32. The van der Waals surface area contributed by atoms with Crippen LogP contribution in [0.15, 0.2) is 127 Å². The third kappa shape index (κ3) is 3.06. The van der Waals surface area contributed by atoms with Crippen molar-refractivity contribution < 1.29 is 0 Å². The lowest BCUT2D eigenvalue weighted by atomic mass is 9.82. The molecule has 1 aliphatic rings. The first-order valence-corrected chi connectivity index (χ1v) is 15.1. The molecule has 194 valence electrons. The fourth-order valence-electron chi connectivity index (χ4n) is 7.29. The van der Waals surface area contributed by atoms with Crippen LogP contribution in [-0.2, 0) is 5.41 Å². The van der Waals surface area contributed by atoms with Crippen LogP contribution in [-0.4, -0.2) is 4.57 Å². The standard InChI is InChI=1S/C39H27NS/c1-39(2)33-14-8-6-12-27(33)29-20-22-31-32-23-21-30-28-13-7-9-15-34(28)40(36(30)38(32)41-37(31)35(29)39)26-18-16-25(17-19-26)24-10-4-3-5-11-24/h3-23H,1-2H3. The van der Waals surface area contributed by atoms with Crippen molar-refractivity contribution in [3.63, 3.8) is 0 Å². The molecule has 0 radical (unpaired) electrons. The second kappa shape index (κ2) is 8.19. The topological polar surface area (TPSA) is 4.93 Å². The third-order valence-corrected chi connectivity index (χ3v) is 10.4. The van der Waals surface area contributed by atoms with E-state index in [1.165, 1.54) is 81.0 Å². The lowest BCUT2D eigenvalue weighted by Gasteiger charge is -2.22. The van der Waals surface area contributed by atoms with Crippen LogP contribution in [0.2, 0.25) is 0 Å². The molecule has 0 aliphatic heterocycles. The van der Waals surface area contributed by atoms with Crippen molar-refractivity contribution in [1.82, 2.24) is 4.57 Å². The molecule has 0 unspecified atom stereocenters. The van der Waals surface area contributed by atoms with Crippen LogP contribution < -0.4 is 0 Å². The van der Waals surface area contributed by atoms with E-state index in [1.807, 2.05) is 11.3 Å². The smallest absolute Gasteiger partial charge is 0.0719 e. The van der Waals surface area contributed by atoms with Crippen LogP contribution in [0.3, 0.4) is 0 Å². The van der Waals surface area contributed by atoms with Crippen molar-refractivity contribution in [3.8, 4) is 27.9 Å². The molecular weight excluding hydrogens is 515 g/mol. The Morgan fingerprint density at radius 3 is 2.02 bits per heavy atom. The Balaban J connectivity index is 1.36. The van der Waals surface area contributed by atoms with Gasteiger partial charge >= 0.3 is 0 Å². The summed E-state index contributed by atoms with van der Waals surface area (Å²) in [6, 6.07) is 46.9. The van der Waals surface area contributed by atoms with Crippen LogP contribution in [0.4, 0.5) is 0 Å². The summed E-state index contributed by atoms with van der Waals surface area (Å²) in [6.45, 7) is 4.78. The highest BCUT2D eigenvalue weighted by atomic mass is 32.1. The van der Waals surface area contributed by atoms with Crippen LogP contribution in [0.25, 0.3) is 69.9 Å². The van der Waals surface area contributed by atoms with Crippen molar-refractivity contribution in [2.45, 2.75) is 19.3 Å². The molecular formula is C39H27NS. The molecule has 2 heterocycles. The molecule has 0 bridgehead atoms. The largest absolute Gasteiger partial charge is 0.308 e. The summed E-state index contributed by atoms with van der Waals surface area (Å²) in [7, 11) is 0. The van der Waals surface area contributed by atoms with Crippen LogP contribution >= 0.6 is 11.3 Å². The number of fused-ring (bicyclic) bond motifs is 11. The Hall–Kier alpha value is -4.66. The van der Waals surface area contributed by atoms with Gasteiger partial charge in [0.1, 0.15) is 0 Å². The Morgan fingerprint density at radius 2 is 1.17 bits per heavy atom. The molecule has 0 atom stereocenters. The van der Waals surface area contributed by atoms with E-state index < -0.39 is 0 Å². The highest BCUT2D eigenvalue weighted by Crippen LogP contribution is 2.54. The average Bonchev–Trinajstić information content (AvgIpc) is 3.64. The summed E-state index contributed by atoms with van der Waals surface area (Å²) in [4.78, 5) is 0. The van der Waals surface area contributed by atoms with E-state index in [2.05, 4.69) is 146 Å². The fraction of sp³-hybridized carbons (Fsp3) is 0.0769. The Labute approximate surface area is 242 Å². The molecule has 41 heavy (non-hydrogen) atoms. The van der Waals surface area contributed by atoms with Crippen molar-refractivity contribution in [2.75, 3.05) is 0 Å². The number of nitrogens with zero attached hydrogens (tertiary/aromatic N) is 1. The van der Waals surface area contributed by atoms with Crippen LogP contribution in [0.5, 0.6) is 0 Å². The molecule has 6 aromatic carbocycles. The molecule has 9 rings (SSSR count). The molecule has 8 aromatic rings. The monoisotopic (exact) mass is 541 g/mol. The minimum absolute atomic E-state index is 0.0363. The molecule has 0 N–H and O–H groups in total. The summed E-state index contributed by atoms with van der Waals surface area (Å²) in [5.74, 6) is 0. The number of para-hydroxylation sites is 1. The van der Waals surface area contributed by atoms with Gasteiger partial charge in [-0.15, -0.1) is 11.3 Å². The second-order valence-corrected chi connectivity index (χ2v) is 12.8. The average molecular weight is 542 g/mol. The number of thiophene rings is 1. The minimum Gasteiger partial charge on any atom is -0.308 e. The van der Waals surface area contributed by atoms with E-state index in [0.29, 0.717) is 0 Å². The maximum Gasteiger partial charge on any atom is 0.0719 e. The molecule has 0 spiro atoms. The van der Waals surface area contributed by atoms with Gasteiger partial charge in [-0.1, -0.05) is 123 Å². The van der Waals surface area contributed by atoms with E-state index in [9.17, 15) is 0 Å². The predicted molar refractivity (Wildman–Crippen MR) is 177 cm³/mol. The molecule has 0 amide bonds. The lowest BCUT2D eigenvalue weighted by Crippen LogP contribution is -2.14. The molecule has 1 aliphatic carbocycles. The molecule has 0 fully saturated rings. The van der Waals surface area contributed by atoms with Crippen molar-refractivity contribution >= 4 is 53.3 Å². The van der Waals surface area contributed by atoms with Crippen LogP contribution in [0.1, 0.15) is 25.0 Å². The van der Waals surface area contributed by atoms with Gasteiger partial charge in [0.25, 0.3) is 0 Å². The summed E-state index contributed by atoms with van der Waals surface area (Å²) in [6.07, 6.45) is 0. The van der Waals surface area contributed by atoms with E-state index >= 15 is 0 Å². The lowest BCUT2D eigenvalue weighted by molar-refractivity contribution is 0.667.